The predicted octanol–water partition coefficient (Wildman–Crippen LogP) is 1.72. The molecule has 0 saturated heterocycles. The first-order chi connectivity index (χ1) is 5.35. The molecule has 1 unspecified atom stereocenters. The van der Waals surface area contributed by atoms with Crippen LogP contribution in [0.25, 0.3) is 0 Å². The lowest BCUT2D eigenvalue weighted by atomic mass is 9.96. The first-order valence-electron chi connectivity index (χ1n) is 4.28. The molecule has 0 aromatic heterocycles. The van der Waals surface area contributed by atoms with Crippen LogP contribution in [-0.2, 0) is 0 Å². The van der Waals surface area contributed by atoms with Crippen molar-refractivity contribution in [2.24, 2.45) is 5.41 Å². The van der Waals surface area contributed by atoms with Gasteiger partial charge in [0.25, 0.3) is 0 Å². The number of aliphatic hydroxyl groups is 1. The fourth-order valence-electron chi connectivity index (χ4n) is 1.28. The Morgan fingerprint density at radius 1 is 1.42 bits per heavy atom. The van der Waals surface area contributed by atoms with Gasteiger partial charge in [-0.2, -0.15) is 0 Å². The van der Waals surface area contributed by atoms with Gasteiger partial charge in [-0.05, 0) is 12.5 Å². The molecule has 1 atom stereocenters. The molecule has 0 heterocycles. The van der Waals surface area contributed by atoms with Gasteiger partial charge in [-0.25, -0.2) is 0 Å². The molecule has 74 valence electrons. The van der Waals surface area contributed by atoms with Crippen molar-refractivity contribution in [1.29, 1.82) is 0 Å². The third kappa shape index (κ3) is 7.07. The van der Waals surface area contributed by atoms with E-state index < -0.39 is 0 Å². The summed E-state index contributed by atoms with van der Waals surface area (Å²) in [7, 11) is 2.04. The minimum atomic E-state index is -0.252. The van der Waals surface area contributed by atoms with E-state index in [9.17, 15) is 5.11 Å². The highest BCUT2D eigenvalue weighted by Gasteiger charge is 2.15. The van der Waals surface area contributed by atoms with Crippen LogP contribution in [0.1, 0.15) is 20.8 Å². The summed E-state index contributed by atoms with van der Waals surface area (Å²) in [4.78, 5) is 2.16. The van der Waals surface area contributed by atoms with Gasteiger partial charge in [0, 0.05) is 18.4 Å². The standard InChI is InChI=1S/C9H20BrNO/c1-9(2,3)7-11(4)6-8(12)5-10/h8,12H,5-7H2,1-4H3. The molecule has 0 spiro atoms. The van der Waals surface area contributed by atoms with Crippen LogP contribution in [-0.4, -0.2) is 41.6 Å². The van der Waals surface area contributed by atoms with E-state index in [4.69, 9.17) is 0 Å². The van der Waals surface area contributed by atoms with Gasteiger partial charge in [-0.15, -0.1) is 0 Å². The molecule has 0 aromatic rings. The summed E-state index contributed by atoms with van der Waals surface area (Å²) in [6.45, 7) is 8.34. The number of halogens is 1. The number of likely N-dealkylation sites (N-methyl/N-ethyl adjacent to an activating group) is 1. The normalized spacial score (nSPS) is 15.2. The average molecular weight is 238 g/mol. The smallest absolute Gasteiger partial charge is 0.0763 e. The van der Waals surface area contributed by atoms with Crippen LogP contribution in [0.15, 0.2) is 0 Å². The molecule has 0 amide bonds. The first kappa shape index (κ1) is 12.4. The molecule has 0 aliphatic heterocycles. The van der Waals surface area contributed by atoms with Crippen molar-refractivity contribution in [2.75, 3.05) is 25.5 Å². The van der Waals surface area contributed by atoms with E-state index in [1.807, 2.05) is 7.05 Å². The predicted molar refractivity (Wildman–Crippen MR) is 56.8 cm³/mol. The fourth-order valence-corrected chi connectivity index (χ4v) is 1.49. The van der Waals surface area contributed by atoms with E-state index in [1.165, 1.54) is 0 Å². The number of hydrogen-bond acceptors (Lipinski definition) is 2. The number of alkyl halides is 1. The Morgan fingerprint density at radius 2 is 1.92 bits per heavy atom. The largest absolute Gasteiger partial charge is 0.391 e. The van der Waals surface area contributed by atoms with Crippen molar-refractivity contribution in [1.82, 2.24) is 4.90 Å². The lowest BCUT2D eigenvalue weighted by Crippen LogP contribution is -2.35. The Bertz CT molecular complexity index is 122. The van der Waals surface area contributed by atoms with Crippen LogP contribution in [0, 0.1) is 5.41 Å². The highest BCUT2D eigenvalue weighted by molar-refractivity contribution is 9.09. The van der Waals surface area contributed by atoms with E-state index in [1.54, 1.807) is 0 Å². The molecule has 0 radical (unpaired) electrons. The summed E-state index contributed by atoms with van der Waals surface area (Å²) in [5.74, 6) is 0. The van der Waals surface area contributed by atoms with Gasteiger partial charge >= 0.3 is 0 Å². The molecule has 0 saturated carbocycles. The van der Waals surface area contributed by atoms with Crippen molar-refractivity contribution in [3.63, 3.8) is 0 Å². The highest BCUT2D eigenvalue weighted by Crippen LogP contribution is 2.14. The molecule has 0 rings (SSSR count). The Morgan fingerprint density at radius 3 is 2.25 bits per heavy atom. The quantitative estimate of drug-likeness (QED) is 0.754. The molecule has 0 bridgehead atoms. The topological polar surface area (TPSA) is 23.5 Å². The zero-order valence-corrected chi connectivity index (χ0v) is 10.1. The Balaban J connectivity index is 3.66. The van der Waals surface area contributed by atoms with Gasteiger partial charge in [-0.3, -0.25) is 0 Å². The molecule has 12 heavy (non-hydrogen) atoms. The number of rotatable bonds is 4. The maximum Gasteiger partial charge on any atom is 0.0763 e. The zero-order valence-electron chi connectivity index (χ0n) is 8.47. The summed E-state index contributed by atoms with van der Waals surface area (Å²) < 4.78 is 0. The second-order valence-corrected chi connectivity index (χ2v) is 5.21. The first-order valence-corrected chi connectivity index (χ1v) is 5.40. The Hall–Kier alpha value is 0.400. The monoisotopic (exact) mass is 237 g/mol. The fraction of sp³-hybridized carbons (Fsp3) is 1.00. The number of nitrogens with zero attached hydrogens (tertiary/aromatic N) is 1. The highest BCUT2D eigenvalue weighted by atomic mass is 79.9. The lowest BCUT2D eigenvalue weighted by molar-refractivity contribution is 0.124. The summed E-state index contributed by atoms with van der Waals surface area (Å²) in [6.07, 6.45) is -0.252. The van der Waals surface area contributed by atoms with Gasteiger partial charge in [-0.1, -0.05) is 36.7 Å². The second kappa shape index (κ2) is 5.20. The van der Waals surface area contributed by atoms with Crippen LogP contribution in [0.5, 0.6) is 0 Å². The second-order valence-electron chi connectivity index (χ2n) is 4.57. The molecule has 3 heteroatoms. The summed E-state index contributed by atoms with van der Waals surface area (Å²) in [5, 5.41) is 9.99. The Kier molecular flexibility index (Phi) is 5.37. The molecule has 0 aromatic carbocycles. The van der Waals surface area contributed by atoms with E-state index in [0.717, 1.165) is 13.1 Å². The van der Waals surface area contributed by atoms with Crippen molar-refractivity contribution in [2.45, 2.75) is 26.9 Å². The third-order valence-corrected chi connectivity index (χ3v) is 2.19. The van der Waals surface area contributed by atoms with Gasteiger partial charge in [0.15, 0.2) is 0 Å². The average Bonchev–Trinajstić information content (AvgIpc) is 1.82. The number of aliphatic hydroxyl groups excluding tert-OH is 1. The maximum atomic E-state index is 9.34. The SMILES string of the molecule is CN(CC(O)CBr)CC(C)(C)C. The summed E-state index contributed by atoms with van der Waals surface area (Å²) in [5.41, 5.74) is 0.306. The Labute approximate surface area is 84.1 Å². The van der Waals surface area contributed by atoms with Crippen molar-refractivity contribution in [3.8, 4) is 0 Å². The van der Waals surface area contributed by atoms with Crippen molar-refractivity contribution < 1.29 is 5.11 Å². The maximum absolute atomic E-state index is 9.34. The summed E-state index contributed by atoms with van der Waals surface area (Å²) >= 11 is 3.25. The lowest BCUT2D eigenvalue weighted by Gasteiger charge is -2.27. The van der Waals surface area contributed by atoms with Crippen molar-refractivity contribution >= 4 is 15.9 Å². The summed E-state index contributed by atoms with van der Waals surface area (Å²) in [6, 6.07) is 0. The molecule has 0 aliphatic carbocycles. The molecular weight excluding hydrogens is 218 g/mol. The van der Waals surface area contributed by atoms with E-state index in [0.29, 0.717) is 10.7 Å². The molecule has 0 aliphatic rings. The number of hydrogen-bond donors (Lipinski definition) is 1. The van der Waals surface area contributed by atoms with Crippen LogP contribution < -0.4 is 0 Å². The van der Waals surface area contributed by atoms with E-state index >= 15 is 0 Å². The van der Waals surface area contributed by atoms with Gasteiger partial charge < -0.3 is 10.0 Å². The van der Waals surface area contributed by atoms with E-state index in [2.05, 4.69) is 41.6 Å². The van der Waals surface area contributed by atoms with Crippen molar-refractivity contribution in [3.05, 3.63) is 0 Å². The zero-order chi connectivity index (χ0) is 9.78. The molecule has 1 N–H and O–H groups in total. The molecule has 2 nitrogen and oxygen atoms in total. The van der Waals surface area contributed by atoms with E-state index in [-0.39, 0.29) is 6.10 Å². The minimum Gasteiger partial charge on any atom is -0.391 e. The van der Waals surface area contributed by atoms with Crippen LogP contribution in [0.4, 0.5) is 0 Å². The van der Waals surface area contributed by atoms with Gasteiger partial charge in [0.1, 0.15) is 0 Å². The van der Waals surface area contributed by atoms with Gasteiger partial charge in [0.2, 0.25) is 0 Å². The molecule has 0 fully saturated rings. The third-order valence-electron chi connectivity index (χ3n) is 1.44. The van der Waals surface area contributed by atoms with Crippen LogP contribution >= 0.6 is 15.9 Å². The minimum absolute atomic E-state index is 0.252. The molecular formula is C9H20BrNO. The van der Waals surface area contributed by atoms with Crippen LogP contribution in [0.3, 0.4) is 0 Å². The van der Waals surface area contributed by atoms with Gasteiger partial charge in [0.05, 0.1) is 6.10 Å². The van der Waals surface area contributed by atoms with Crippen LogP contribution in [0.2, 0.25) is 0 Å².